The lowest BCUT2D eigenvalue weighted by Crippen LogP contribution is -1.98. The molecule has 2 aromatic rings. The van der Waals surface area contributed by atoms with Gasteiger partial charge in [-0.1, -0.05) is 42.6 Å². The summed E-state index contributed by atoms with van der Waals surface area (Å²) >= 11 is 12.4. The number of aliphatic hydroxyl groups is 1. The van der Waals surface area contributed by atoms with E-state index in [-0.39, 0.29) is 6.61 Å². The summed E-state index contributed by atoms with van der Waals surface area (Å²) in [7, 11) is 0. The molecule has 0 unspecified atom stereocenters. The van der Waals surface area contributed by atoms with Crippen molar-refractivity contribution in [1.29, 1.82) is 0 Å². The lowest BCUT2D eigenvalue weighted by molar-refractivity contribution is 0.280. The Kier molecular flexibility index (Phi) is 4.50. The SMILES string of the molecule is CCCc1nn(-c2ccc(C)c(Cl)c2)c(Cl)c1CO. The topological polar surface area (TPSA) is 38.0 Å². The molecule has 102 valence electrons. The second-order valence-corrected chi connectivity index (χ2v) is 5.23. The molecule has 0 atom stereocenters. The summed E-state index contributed by atoms with van der Waals surface area (Å²) in [6, 6.07) is 5.66. The van der Waals surface area contributed by atoms with Crippen molar-refractivity contribution in [2.24, 2.45) is 0 Å². The number of hydrogen-bond acceptors (Lipinski definition) is 2. The molecule has 5 heteroatoms. The molecule has 1 N–H and O–H groups in total. The highest BCUT2D eigenvalue weighted by Crippen LogP contribution is 2.27. The Balaban J connectivity index is 2.52. The normalized spacial score (nSPS) is 11.0. The largest absolute Gasteiger partial charge is 0.391 e. The van der Waals surface area contributed by atoms with Crippen LogP contribution in [0.2, 0.25) is 10.2 Å². The lowest BCUT2D eigenvalue weighted by Gasteiger charge is -2.05. The van der Waals surface area contributed by atoms with E-state index in [4.69, 9.17) is 23.2 Å². The molecule has 19 heavy (non-hydrogen) atoms. The molecule has 0 spiro atoms. The van der Waals surface area contributed by atoms with Gasteiger partial charge in [0.1, 0.15) is 5.15 Å². The van der Waals surface area contributed by atoms with Crippen molar-refractivity contribution in [2.45, 2.75) is 33.3 Å². The van der Waals surface area contributed by atoms with Crippen LogP contribution in [0.25, 0.3) is 5.69 Å². The first kappa shape index (κ1) is 14.4. The van der Waals surface area contributed by atoms with Gasteiger partial charge in [0, 0.05) is 10.6 Å². The van der Waals surface area contributed by atoms with Gasteiger partial charge in [-0.25, -0.2) is 4.68 Å². The van der Waals surface area contributed by atoms with E-state index in [1.807, 2.05) is 25.1 Å². The van der Waals surface area contributed by atoms with Crippen molar-refractivity contribution >= 4 is 23.2 Å². The predicted molar refractivity (Wildman–Crippen MR) is 78.2 cm³/mol. The molecule has 0 aliphatic carbocycles. The quantitative estimate of drug-likeness (QED) is 0.928. The van der Waals surface area contributed by atoms with Crippen molar-refractivity contribution in [3.05, 3.63) is 45.2 Å². The highest BCUT2D eigenvalue weighted by Gasteiger charge is 2.16. The minimum Gasteiger partial charge on any atom is -0.391 e. The third-order valence-electron chi connectivity index (χ3n) is 3.05. The third kappa shape index (κ3) is 2.78. The molecule has 0 saturated heterocycles. The van der Waals surface area contributed by atoms with Crippen molar-refractivity contribution in [3.8, 4) is 5.69 Å². The van der Waals surface area contributed by atoms with Crippen LogP contribution in [0.5, 0.6) is 0 Å². The molecule has 1 heterocycles. The molecule has 0 aliphatic rings. The first-order chi connectivity index (χ1) is 9.08. The van der Waals surface area contributed by atoms with E-state index in [0.717, 1.165) is 29.8 Å². The van der Waals surface area contributed by atoms with Gasteiger partial charge in [0.05, 0.1) is 18.0 Å². The standard InChI is InChI=1S/C14H16Cl2N2O/c1-3-4-13-11(8-19)14(16)18(17-13)10-6-5-9(2)12(15)7-10/h5-7,19H,3-4,8H2,1-2H3. The highest BCUT2D eigenvalue weighted by molar-refractivity contribution is 6.32. The van der Waals surface area contributed by atoms with E-state index in [9.17, 15) is 5.11 Å². The number of hydrogen-bond donors (Lipinski definition) is 1. The Bertz CT molecular complexity index is 593. The van der Waals surface area contributed by atoms with Crippen LogP contribution < -0.4 is 0 Å². The number of benzene rings is 1. The van der Waals surface area contributed by atoms with Crippen LogP contribution in [-0.4, -0.2) is 14.9 Å². The van der Waals surface area contributed by atoms with Crippen LogP contribution in [-0.2, 0) is 13.0 Å². The molecular formula is C14H16Cl2N2O. The van der Waals surface area contributed by atoms with Crippen molar-refractivity contribution in [2.75, 3.05) is 0 Å². The Hall–Kier alpha value is -1.03. The molecule has 0 bridgehead atoms. The van der Waals surface area contributed by atoms with E-state index in [0.29, 0.717) is 15.7 Å². The van der Waals surface area contributed by atoms with Gasteiger partial charge in [-0.15, -0.1) is 0 Å². The van der Waals surface area contributed by atoms with Crippen molar-refractivity contribution in [3.63, 3.8) is 0 Å². The minimum atomic E-state index is -0.103. The molecule has 0 saturated carbocycles. The van der Waals surface area contributed by atoms with Crippen molar-refractivity contribution in [1.82, 2.24) is 9.78 Å². The maximum atomic E-state index is 9.42. The van der Waals surface area contributed by atoms with E-state index in [1.165, 1.54) is 0 Å². The van der Waals surface area contributed by atoms with Gasteiger partial charge in [-0.3, -0.25) is 0 Å². The summed E-state index contributed by atoms with van der Waals surface area (Å²) in [5, 5.41) is 15.0. The van der Waals surface area contributed by atoms with E-state index < -0.39 is 0 Å². The van der Waals surface area contributed by atoms with Crippen LogP contribution in [0, 0.1) is 6.92 Å². The van der Waals surface area contributed by atoms with E-state index in [2.05, 4.69) is 12.0 Å². The fraction of sp³-hybridized carbons (Fsp3) is 0.357. The Morgan fingerprint density at radius 3 is 2.63 bits per heavy atom. The van der Waals surface area contributed by atoms with E-state index >= 15 is 0 Å². The van der Waals surface area contributed by atoms with Crippen LogP contribution in [0.4, 0.5) is 0 Å². The maximum absolute atomic E-state index is 9.42. The maximum Gasteiger partial charge on any atom is 0.138 e. The van der Waals surface area contributed by atoms with Crippen LogP contribution in [0.15, 0.2) is 18.2 Å². The zero-order valence-electron chi connectivity index (χ0n) is 11.0. The minimum absolute atomic E-state index is 0.103. The van der Waals surface area contributed by atoms with Gasteiger partial charge in [0.25, 0.3) is 0 Å². The molecule has 1 aromatic carbocycles. The average molecular weight is 299 g/mol. The molecular weight excluding hydrogens is 283 g/mol. The summed E-state index contributed by atoms with van der Waals surface area (Å²) < 4.78 is 1.63. The predicted octanol–water partition coefficient (Wildman–Crippen LogP) is 3.93. The lowest BCUT2D eigenvalue weighted by atomic mass is 10.2. The molecule has 1 aromatic heterocycles. The number of aromatic nitrogens is 2. The third-order valence-corrected chi connectivity index (χ3v) is 3.84. The average Bonchev–Trinajstić information content (AvgIpc) is 2.70. The Morgan fingerprint density at radius 1 is 1.32 bits per heavy atom. The van der Waals surface area contributed by atoms with Gasteiger partial charge in [0.2, 0.25) is 0 Å². The zero-order chi connectivity index (χ0) is 14.0. The number of aryl methyl sites for hydroxylation is 2. The fourth-order valence-corrected chi connectivity index (χ4v) is 2.43. The monoisotopic (exact) mass is 298 g/mol. The van der Waals surface area contributed by atoms with Gasteiger partial charge < -0.3 is 5.11 Å². The fourth-order valence-electron chi connectivity index (χ4n) is 1.95. The van der Waals surface area contributed by atoms with Crippen LogP contribution >= 0.6 is 23.2 Å². The number of aliphatic hydroxyl groups excluding tert-OH is 1. The molecule has 0 amide bonds. The second kappa shape index (κ2) is 5.95. The summed E-state index contributed by atoms with van der Waals surface area (Å²) in [6.45, 7) is 3.91. The van der Waals surface area contributed by atoms with Gasteiger partial charge >= 0.3 is 0 Å². The summed E-state index contributed by atoms with van der Waals surface area (Å²) in [5.41, 5.74) is 3.34. The van der Waals surface area contributed by atoms with Crippen molar-refractivity contribution < 1.29 is 5.11 Å². The number of rotatable bonds is 4. The van der Waals surface area contributed by atoms with Crippen LogP contribution in [0.1, 0.15) is 30.2 Å². The molecule has 2 rings (SSSR count). The molecule has 0 aliphatic heterocycles. The number of nitrogens with zero attached hydrogens (tertiary/aromatic N) is 2. The number of halogens is 2. The summed E-state index contributed by atoms with van der Waals surface area (Å²) in [4.78, 5) is 0. The Labute approximate surface area is 122 Å². The summed E-state index contributed by atoms with van der Waals surface area (Å²) in [5.74, 6) is 0. The summed E-state index contributed by atoms with van der Waals surface area (Å²) in [6.07, 6.45) is 1.75. The highest BCUT2D eigenvalue weighted by atomic mass is 35.5. The first-order valence-electron chi connectivity index (χ1n) is 6.22. The molecule has 3 nitrogen and oxygen atoms in total. The Morgan fingerprint density at radius 2 is 2.05 bits per heavy atom. The second-order valence-electron chi connectivity index (χ2n) is 4.47. The van der Waals surface area contributed by atoms with E-state index in [1.54, 1.807) is 4.68 Å². The molecule has 0 radical (unpaired) electrons. The van der Waals surface area contributed by atoms with Crippen LogP contribution in [0.3, 0.4) is 0 Å². The first-order valence-corrected chi connectivity index (χ1v) is 6.97. The van der Waals surface area contributed by atoms with Gasteiger partial charge in [0.15, 0.2) is 0 Å². The smallest absolute Gasteiger partial charge is 0.138 e. The van der Waals surface area contributed by atoms with Gasteiger partial charge in [-0.05, 0) is 31.0 Å². The molecule has 0 fully saturated rings. The zero-order valence-corrected chi connectivity index (χ0v) is 12.5. The van der Waals surface area contributed by atoms with Gasteiger partial charge in [-0.2, -0.15) is 5.10 Å².